The molecule has 2 heterocycles. The summed E-state index contributed by atoms with van der Waals surface area (Å²) in [7, 11) is 1.59. The lowest BCUT2D eigenvalue weighted by atomic mass is 10.0. The Morgan fingerprint density at radius 2 is 1.96 bits per heavy atom. The Labute approximate surface area is 155 Å². The van der Waals surface area contributed by atoms with Crippen molar-refractivity contribution in [3.05, 3.63) is 71.7 Å². The molecule has 27 heavy (non-hydrogen) atoms. The van der Waals surface area contributed by atoms with Crippen LogP contribution in [0.25, 0.3) is 33.3 Å². The van der Waals surface area contributed by atoms with E-state index < -0.39 is 5.82 Å². The van der Waals surface area contributed by atoms with Gasteiger partial charge in [0.15, 0.2) is 0 Å². The molecule has 0 bridgehead atoms. The van der Waals surface area contributed by atoms with Gasteiger partial charge in [0.05, 0.1) is 12.7 Å². The van der Waals surface area contributed by atoms with Crippen molar-refractivity contribution in [2.75, 3.05) is 7.11 Å². The molecule has 0 radical (unpaired) electrons. The summed E-state index contributed by atoms with van der Waals surface area (Å²) in [5.41, 5.74) is 5.05. The highest BCUT2D eigenvalue weighted by molar-refractivity contribution is 5.90. The summed E-state index contributed by atoms with van der Waals surface area (Å²) in [6, 6.07) is 16.5. The first-order chi connectivity index (χ1) is 13.1. The molecule has 2 aromatic heterocycles. The van der Waals surface area contributed by atoms with Crippen molar-refractivity contribution in [2.45, 2.75) is 6.92 Å². The van der Waals surface area contributed by atoms with Gasteiger partial charge in [0.25, 0.3) is 0 Å². The predicted octanol–water partition coefficient (Wildman–Crippen LogP) is 5.22. The summed E-state index contributed by atoms with van der Waals surface area (Å²) in [6.07, 6.45) is 1.79. The highest BCUT2D eigenvalue weighted by atomic mass is 19.1. The third-order valence-electron chi connectivity index (χ3n) is 4.64. The van der Waals surface area contributed by atoms with Gasteiger partial charge in [-0.15, -0.1) is 0 Å². The highest BCUT2D eigenvalue weighted by Crippen LogP contribution is 2.31. The van der Waals surface area contributed by atoms with Crippen LogP contribution in [0.5, 0.6) is 5.88 Å². The molecule has 4 nitrogen and oxygen atoms in total. The van der Waals surface area contributed by atoms with Gasteiger partial charge >= 0.3 is 0 Å². The second-order valence-corrected chi connectivity index (χ2v) is 6.31. The van der Waals surface area contributed by atoms with Crippen LogP contribution in [0.3, 0.4) is 0 Å². The Kier molecular flexibility index (Phi) is 4.09. The number of aromatic nitrogens is 2. The van der Waals surface area contributed by atoms with Crippen LogP contribution in [0, 0.1) is 24.1 Å². The first kappa shape index (κ1) is 16.8. The van der Waals surface area contributed by atoms with E-state index in [1.807, 2.05) is 43.3 Å². The SMILES string of the molecule is COc1cc(C)c(-c2ccc3[nH]c(-c4cccc(C#N)c4F)cc3c2)cn1. The third kappa shape index (κ3) is 2.91. The van der Waals surface area contributed by atoms with Crippen molar-refractivity contribution in [2.24, 2.45) is 0 Å². The molecule has 1 N–H and O–H groups in total. The van der Waals surface area contributed by atoms with Crippen LogP contribution in [0.2, 0.25) is 0 Å². The summed E-state index contributed by atoms with van der Waals surface area (Å²) in [6.45, 7) is 2.01. The average Bonchev–Trinajstić information content (AvgIpc) is 3.11. The summed E-state index contributed by atoms with van der Waals surface area (Å²) >= 11 is 0. The number of aryl methyl sites for hydroxylation is 1. The molecule has 132 valence electrons. The number of fused-ring (bicyclic) bond motifs is 1. The average molecular weight is 357 g/mol. The lowest BCUT2D eigenvalue weighted by Crippen LogP contribution is -1.91. The fourth-order valence-electron chi connectivity index (χ4n) is 3.22. The van der Waals surface area contributed by atoms with Gasteiger partial charge in [0, 0.05) is 40.0 Å². The highest BCUT2D eigenvalue weighted by Gasteiger charge is 2.13. The molecule has 4 aromatic rings. The van der Waals surface area contributed by atoms with E-state index in [9.17, 15) is 4.39 Å². The molecule has 0 saturated heterocycles. The summed E-state index contributed by atoms with van der Waals surface area (Å²) in [5, 5.41) is 10.00. The van der Waals surface area contributed by atoms with Crippen LogP contribution in [0.4, 0.5) is 4.39 Å². The number of rotatable bonds is 3. The smallest absolute Gasteiger partial charge is 0.213 e. The molecule has 0 atom stereocenters. The number of hydrogen-bond acceptors (Lipinski definition) is 3. The fraction of sp³-hybridized carbons (Fsp3) is 0.0909. The van der Waals surface area contributed by atoms with Crippen molar-refractivity contribution in [3.63, 3.8) is 0 Å². The Hall–Kier alpha value is -3.65. The van der Waals surface area contributed by atoms with Crippen molar-refractivity contribution in [1.29, 1.82) is 5.26 Å². The second kappa shape index (κ2) is 6.58. The normalized spacial score (nSPS) is 10.7. The maximum absolute atomic E-state index is 14.5. The van der Waals surface area contributed by atoms with Gasteiger partial charge in [-0.3, -0.25) is 0 Å². The molecule has 0 aliphatic heterocycles. The first-order valence-corrected chi connectivity index (χ1v) is 8.43. The number of aromatic amines is 1. The van der Waals surface area contributed by atoms with Crippen molar-refractivity contribution in [3.8, 4) is 34.3 Å². The fourth-order valence-corrected chi connectivity index (χ4v) is 3.22. The number of halogens is 1. The Bertz CT molecular complexity index is 1200. The van der Waals surface area contributed by atoms with E-state index >= 15 is 0 Å². The summed E-state index contributed by atoms with van der Waals surface area (Å²) < 4.78 is 19.7. The second-order valence-electron chi connectivity index (χ2n) is 6.31. The number of benzene rings is 2. The maximum atomic E-state index is 14.5. The van der Waals surface area contributed by atoms with Gasteiger partial charge in [-0.25, -0.2) is 9.37 Å². The Morgan fingerprint density at radius 3 is 2.70 bits per heavy atom. The lowest BCUT2D eigenvalue weighted by molar-refractivity contribution is 0.397. The molecule has 0 amide bonds. The maximum Gasteiger partial charge on any atom is 0.213 e. The number of nitrogens with one attached hydrogen (secondary N) is 1. The number of H-pyrrole nitrogens is 1. The molecule has 2 aromatic carbocycles. The van der Waals surface area contributed by atoms with Gasteiger partial charge in [-0.05, 0) is 48.4 Å². The van der Waals surface area contributed by atoms with E-state index in [1.54, 1.807) is 25.4 Å². The van der Waals surface area contributed by atoms with Crippen molar-refractivity contribution < 1.29 is 9.13 Å². The van der Waals surface area contributed by atoms with Gasteiger partial charge in [-0.2, -0.15) is 5.26 Å². The molecule has 4 rings (SSSR count). The van der Waals surface area contributed by atoms with Crippen LogP contribution in [0.1, 0.15) is 11.1 Å². The molecule has 5 heteroatoms. The first-order valence-electron chi connectivity index (χ1n) is 8.43. The van der Waals surface area contributed by atoms with Gasteiger partial charge in [-0.1, -0.05) is 12.1 Å². The number of methoxy groups -OCH3 is 1. The Balaban J connectivity index is 1.80. The van der Waals surface area contributed by atoms with Crippen LogP contribution < -0.4 is 4.74 Å². The summed E-state index contributed by atoms with van der Waals surface area (Å²) in [5.74, 6) is 0.0658. The molecule has 0 fully saturated rings. The molecule has 0 spiro atoms. The topological polar surface area (TPSA) is 61.7 Å². The third-order valence-corrected chi connectivity index (χ3v) is 4.64. The van der Waals surface area contributed by atoms with E-state index in [-0.39, 0.29) is 5.56 Å². The van der Waals surface area contributed by atoms with Crippen LogP contribution >= 0.6 is 0 Å². The monoisotopic (exact) mass is 357 g/mol. The molecule has 0 aliphatic carbocycles. The molecule has 0 saturated carbocycles. The largest absolute Gasteiger partial charge is 0.481 e. The van der Waals surface area contributed by atoms with Crippen LogP contribution in [-0.2, 0) is 0 Å². The zero-order valence-electron chi connectivity index (χ0n) is 14.9. The lowest BCUT2D eigenvalue weighted by Gasteiger charge is -2.07. The van der Waals surface area contributed by atoms with E-state index in [1.165, 1.54) is 6.07 Å². The van der Waals surface area contributed by atoms with Gasteiger partial charge in [0.1, 0.15) is 11.9 Å². The van der Waals surface area contributed by atoms with Crippen molar-refractivity contribution >= 4 is 10.9 Å². The molecular weight excluding hydrogens is 341 g/mol. The minimum atomic E-state index is -0.512. The minimum Gasteiger partial charge on any atom is -0.481 e. The summed E-state index contributed by atoms with van der Waals surface area (Å²) in [4.78, 5) is 7.52. The number of ether oxygens (including phenoxy) is 1. The van der Waals surface area contributed by atoms with Gasteiger partial charge in [0.2, 0.25) is 5.88 Å². The number of nitrogens with zero attached hydrogens (tertiary/aromatic N) is 2. The van der Waals surface area contributed by atoms with Crippen LogP contribution in [0.15, 0.2) is 54.7 Å². The van der Waals surface area contributed by atoms with E-state index in [4.69, 9.17) is 10.00 Å². The zero-order chi connectivity index (χ0) is 19.0. The Morgan fingerprint density at radius 1 is 1.11 bits per heavy atom. The predicted molar refractivity (Wildman–Crippen MR) is 103 cm³/mol. The number of nitriles is 1. The van der Waals surface area contributed by atoms with Crippen molar-refractivity contribution in [1.82, 2.24) is 9.97 Å². The van der Waals surface area contributed by atoms with Gasteiger partial charge < -0.3 is 9.72 Å². The van der Waals surface area contributed by atoms with E-state index in [2.05, 4.69) is 9.97 Å². The molecular formula is C22H16FN3O. The standard InChI is InChI=1S/C22H16FN3O/c1-13-8-21(27-2)25-12-18(13)14-6-7-19-16(9-14)10-20(26-19)17-5-3-4-15(11-24)22(17)23/h3-10,12,26H,1-2H3. The number of pyridine rings is 1. The zero-order valence-corrected chi connectivity index (χ0v) is 14.9. The van der Waals surface area contributed by atoms with Crippen LogP contribution in [-0.4, -0.2) is 17.1 Å². The minimum absolute atomic E-state index is 0.0341. The quantitative estimate of drug-likeness (QED) is 0.546. The molecule has 0 aliphatic rings. The van der Waals surface area contributed by atoms with E-state index in [0.29, 0.717) is 17.1 Å². The molecule has 0 unspecified atom stereocenters. The number of hydrogen-bond donors (Lipinski definition) is 1. The van der Waals surface area contributed by atoms with E-state index in [0.717, 1.165) is 27.6 Å².